The molecule has 0 saturated heterocycles. The average Bonchev–Trinajstić information content (AvgIpc) is 2.47. The summed E-state index contributed by atoms with van der Waals surface area (Å²) in [6.07, 6.45) is 1.15. The van der Waals surface area contributed by atoms with Gasteiger partial charge in [0.1, 0.15) is 0 Å². The second kappa shape index (κ2) is 18.8. The molecule has 20 heavy (non-hydrogen) atoms. The van der Waals surface area contributed by atoms with Crippen LogP contribution in [0.5, 0.6) is 0 Å². The largest absolute Gasteiger partial charge is 0.382 e. The van der Waals surface area contributed by atoms with Crippen molar-refractivity contribution in [3.05, 3.63) is 0 Å². The summed E-state index contributed by atoms with van der Waals surface area (Å²) < 4.78 is 26.2. The molecule has 0 heterocycles. The quantitative estimate of drug-likeness (QED) is 0.398. The summed E-state index contributed by atoms with van der Waals surface area (Å²) in [5, 5.41) is 3.27. The van der Waals surface area contributed by atoms with Crippen LogP contribution in [0.4, 0.5) is 0 Å². The Morgan fingerprint density at radius 1 is 0.600 bits per heavy atom. The van der Waals surface area contributed by atoms with Crippen molar-refractivity contribution >= 4 is 0 Å². The highest BCUT2D eigenvalue weighted by Crippen LogP contribution is 1.83. The zero-order valence-corrected chi connectivity index (χ0v) is 13.0. The molecular weight excluding hydrogens is 262 g/mol. The van der Waals surface area contributed by atoms with E-state index in [0.717, 1.165) is 26.1 Å². The molecule has 0 aliphatic carbocycles. The lowest BCUT2D eigenvalue weighted by molar-refractivity contribution is -0.00748. The van der Waals surface area contributed by atoms with Crippen LogP contribution < -0.4 is 5.32 Å². The summed E-state index contributed by atoms with van der Waals surface area (Å²) >= 11 is 0. The molecule has 0 saturated carbocycles. The lowest BCUT2D eigenvalue weighted by Gasteiger charge is -2.07. The van der Waals surface area contributed by atoms with E-state index in [0.29, 0.717) is 52.9 Å². The molecule has 0 aromatic heterocycles. The lowest BCUT2D eigenvalue weighted by Crippen LogP contribution is -2.21. The van der Waals surface area contributed by atoms with Crippen LogP contribution in [0.3, 0.4) is 0 Å². The van der Waals surface area contributed by atoms with Gasteiger partial charge in [0.15, 0.2) is 0 Å². The SMILES string of the molecule is CCCNCCOCCOCCOCCOCCOC. The fourth-order valence-electron chi connectivity index (χ4n) is 1.35. The smallest absolute Gasteiger partial charge is 0.0701 e. The molecule has 0 aliphatic heterocycles. The van der Waals surface area contributed by atoms with Crippen LogP contribution in [0.1, 0.15) is 13.3 Å². The first-order valence-corrected chi connectivity index (χ1v) is 7.42. The van der Waals surface area contributed by atoms with Crippen molar-refractivity contribution in [2.75, 3.05) is 79.7 Å². The number of nitrogens with one attached hydrogen (secondary N) is 1. The molecule has 6 heteroatoms. The van der Waals surface area contributed by atoms with Crippen LogP contribution in [0.2, 0.25) is 0 Å². The van der Waals surface area contributed by atoms with Gasteiger partial charge >= 0.3 is 0 Å². The van der Waals surface area contributed by atoms with Gasteiger partial charge in [-0.05, 0) is 13.0 Å². The molecule has 0 aromatic rings. The highest BCUT2D eigenvalue weighted by Gasteiger charge is 1.92. The monoisotopic (exact) mass is 293 g/mol. The Morgan fingerprint density at radius 3 is 1.50 bits per heavy atom. The van der Waals surface area contributed by atoms with E-state index in [9.17, 15) is 0 Å². The van der Waals surface area contributed by atoms with Gasteiger partial charge in [-0.3, -0.25) is 0 Å². The standard InChI is InChI=1S/C14H31NO5/c1-3-4-15-5-6-17-9-10-19-13-14-20-12-11-18-8-7-16-2/h15H,3-14H2,1-2H3. The fourth-order valence-corrected chi connectivity index (χ4v) is 1.35. The summed E-state index contributed by atoms with van der Waals surface area (Å²) in [5.74, 6) is 0. The number of hydrogen-bond acceptors (Lipinski definition) is 6. The van der Waals surface area contributed by atoms with Gasteiger partial charge in [-0.1, -0.05) is 6.92 Å². The van der Waals surface area contributed by atoms with E-state index in [-0.39, 0.29) is 0 Å². The first-order valence-electron chi connectivity index (χ1n) is 7.42. The fraction of sp³-hybridized carbons (Fsp3) is 1.00. The van der Waals surface area contributed by atoms with E-state index in [1.54, 1.807) is 7.11 Å². The maximum atomic E-state index is 5.40. The van der Waals surface area contributed by atoms with Gasteiger partial charge in [0.05, 0.1) is 59.5 Å². The Hall–Kier alpha value is -0.240. The van der Waals surface area contributed by atoms with Crippen molar-refractivity contribution in [3.63, 3.8) is 0 Å². The van der Waals surface area contributed by atoms with Crippen molar-refractivity contribution in [2.24, 2.45) is 0 Å². The molecule has 122 valence electrons. The zero-order chi connectivity index (χ0) is 14.7. The third-order valence-corrected chi connectivity index (χ3v) is 2.40. The molecule has 0 amide bonds. The Kier molecular flexibility index (Phi) is 18.5. The molecule has 0 aromatic carbocycles. The molecular formula is C14H31NO5. The average molecular weight is 293 g/mol. The number of methoxy groups -OCH3 is 1. The minimum atomic E-state index is 0.589. The van der Waals surface area contributed by atoms with Gasteiger partial charge in [0.2, 0.25) is 0 Å². The molecule has 0 unspecified atom stereocenters. The number of hydrogen-bond donors (Lipinski definition) is 1. The molecule has 0 radical (unpaired) electrons. The van der Waals surface area contributed by atoms with E-state index < -0.39 is 0 Å². The predicted molar refractivity (Wildman–Crippen MR) is 78.3 cm³/mol. The topological polar surface area (TPSA) is 58.2 Å². The van der Waals surface area contributed by atoms with E-state index in [2.05, 4.69) is 12.2 Å². The van der Waals surface area contributed by atoms with Gasteiger partial charge in [-0.15, -0.1) is 0 Å². The molecule has 0 atom stereocenters. The number of ether oxygens (including phenoxy) is 5. The first-order chi connectivity index (χ1) is 9.91. The van der Waals surface area contributed by atoms with Gasteiger partial charge in [-0.2, -0.15) is 0 Å². The molecule has 0 spiro atoms. The van der Waals surface area contributed by atoms with Gasteiger partial charge in [0.25, 0.3) is 0 Å². The Labute approximate surface area is 123 Å². The Bertz CT molecular complexity index is 154. The normalized spacial score (nSPS) is 11.1. The molecule has 0 aliphatic rings. The predicted octanol–water partition coefficient (Wildman–Crippen LogP) is 0.699. The second-order valence-electron chi connectivity index (χ2n) is 4.19. The van der Waals surface area contributed by atoms with Crippen molar-refractivity contribution in [3.8, 4) is 0 Å². The molecule has 6 nitrogen and oxygen atoms in total. The van der Waals surface area contributed by atoms with Crippen LogP contribution >= 0.6 is 0 Å². The van der Waals surface area contributed by atoms with Crippen LogP contribution in [-0.2, 0) is 23.7 Å². The highest BCUT2D eigenvalue weighted by molar-refractivity contribution is 4.43. The summed E-state index contributed by atoms with van der Waals surface area (Å²) in [5.41, 5.74) is 0. The summed E-state index contributed by atoms with van der Waals surface area (Å²) in [6, 6.07) is 0. The summed E-state index contributed by atoms with van der Waals surface area (Å²) in [6.45, 7) is 9.68. The van der Waals surface area contributed by atoms with Crippen LogP contribution in [0, 0.1) is 0 Å². The molecule has 0 fully saturated rings. The first kappa shape index (κ1) is 19.8. The van der Waals surface area contributed by atoms with E-state index in [4.69, 9.17) is 23.7 Å². The highest BCUT2D eigenvalue weighted by atomic mass is 16.6. The van der Waals surface area contributed by atoms with Crippen molar-refractivity contribution < 1.29 is 23.7 Å². The van der Waals surface area contributed by atoms with Gasteiger partial charge < -0.3 is 29.0 Å². The summed E-state index contributed by atoms with van der Waals surface area (Å²) in [7, 11) is 1.66. The third-order valence-electron chi connectivity index (χ3n) is 2.40. The van der Waals surface area contributed by atoms with Crippen molar-refractivity contribution in [1.29, 1.82) is 0 Å². The Morgan fingerprint density at radius 2 is 1.05 bits per heavy atom. The van der Waals surface area contributed by atoms with Crippen molar-refractivity contribution in [1.82, 2.24) is 5.32 Å². The van der Waals surface area contributed by atoms with E-state index >= 15 is 0 Å². The lowest BCUT2D eigenvalue weighted by atomic mass is 10.5. The van der Waals surface area contributed by atoms with Crippen LogP contribution in [-0.4, -0.2) is 79.7 Å². The van der Waals surface area contributed by atoms with Crippen molar-refractivity contribution in [2.45, 2.75) is 13.3 Å². The Balaban J connectivity index is 2.89. The van der Waals surface area contributed by atoms with Crippen LogP contribution in [0.15, 0.2) is 0 Å². The molecule has 0 rings (SSSR count). The van der Waals surface area contributed by atoms with Gasteiger partial charge in [0, 0.05) is 13.7 Å². The zero-order valence-electron chi connectivity index (χ0n) is 13.0. The van der Waals surface area contributed by atoms with E-state index in [1.165, 1.54) is 0 Å². The third kappa shape index (κ3) is 17.8. The summed E-state index contributed by atoms with van der Waals surface area (Å²) in [4.78, 5) is 0. The second-order valence-corrected chi connectivity index (χ2v) is 4.19. The minimum absolute atomic E-state index is 0.589. The molecule has 1 N–H and O–H groups in total. The molecule has 0 bridgehead atoms. The maximum absolute atomic E-state index is 5.40. The van der Waals surface area contributed by atoms with E-state index in [1.807, 2.05) is 0 Å². The maximum Gasteiger partial charge on any atom is 0.0701 e. The minimum Gasteiger partial charge on any atom is -0.382 e. The van der Waals surface area contributed by atoms with Crippen LogP contribution in [0.25, 0.3) is 0 Å². The van der Waals surface area contributed by atoms with Gasteiger partial charge in [-0.25, -0.2) is 0 Å². The number of rotatable bonds is 17.